The smallest absolute Gasteiger partial charge is 0.311 e. The average Bonchev–Trinajstić information content (AvgIpc) is 2.42. The minimum absolute atomic E-state index is 0.118. The van der Waals surface area contributed by atoms with E-state index >= 15 is 0 Å². The SMILES string of the molecule is Cn1c(CC(=O)O)nc2cc(N)cnc21. The van der Waals surface area contributed by atoms with Gasteiger partial charge < -0.3 is 15.4 Å². The Kier molecular flexibility index (Phi) is 2.03. The van der Waals surface area contributed by atoms with Crippen LogP contribution in [0.5, 0.6) is 0 Å². The average molecular weight is 206 g/mol. The third-order valence-corrected chi connectivity index (χ3v) is 2.13. The van der Waals surface area contributed by atoms with Gasteiger partial charge in [-0.1, -0.05) is 0 Å². The molecule has 0 radical (unpaired) electrons. The Labute approximate surface area is 85.4 Å². The Bertz CT molecular complexity index is 532. The minimum Gasteiger partial charge on any atom is -0.481 e. The maximum atomic E-state index is 10.6. The van der Waals surface area contributed by atoms with Crippen LogP contribution in [0.2, 0.25) is 0 Å². The Morgan fingerprint density at radius 3 is 3.07 bits per heavy atom. The van der Waals surface area contributed by atoms with Crippen molar-refractivity contribution in [1.29, 1.82) is 0 Å². The Morgan fingerprint density at radius 1 is 1.67 bits per heavy atom. The van der Waals surface area contributed by atoms with Crippen LogP contribution in [0.3, 0.4) is 0 Å². The van der Waals surface area contributed by atoms with E-state index in [0.717, 1.165) is 0 Å². The highest BCUT2D eigenvalue weighted by molar-refractivity contribution is 5.77. The summed E-state index contributed by atoms with van der Waals surface area (Å²) in [6.07, 6.45) is 1.40. The van der Waals surface area contributed by atoms with E-state index < -0.39 is 5.97 Å². The van der Waals surface area contributed by atoms with Crippen molar-refractivity contribution in [2.24, 2.45) is 7.05 Å². The first kappa shape index (κ1) is 9.45. The summed E-state index contributed by atoms with van der Waals surface area (Å²) in [5.74, 6) is -0.447. The third-order valence-electron chi connectivity index (χ3n) is 2.13. The molecule has 6 nitrogen and oxygen atoms in total. The van der Waals surface area contributed by atoms with Crippen LogP contribution in [0.25, 0.3) is 11.2 Å². The molecule has 3 N–H and O–H groups in total. The van der Waals surface area contributed by atoms with Gasteiger partial charge in [0.15, 0.2) is 5.65 Å². The van der Waals surface area contributed by atoms with Crippen LogP contribution in [0, 0.1) is 0 Å². The molecule has 0 spiro atoms. The lowest BCUT2D eigenvalue weighted by Gasteiger charge is -1.97. The van der Waals surface area contributed by atoms with Gasteiger partial charge in [-0.05, 0) is 6.07 Å². The van der Waals surface area contributed by atoms with Crippen LogP contribution in [-0.2, 0) is 18.3 Å². The lowest BCUT2D eigenvalue weighted by Crippen LogP contribution is -2.06. The lowest BCUT2D eigenvalue weighted by molar-refractivity contribution is -0.136. The molecule has 0 amide bonds. The molecule has 0 aliphatic heterocycles. The molecule has 0 saturated carbocycles. The molecular weight excluding hydrogens is 196 g/mol. The number of nitrogens with two attached hydrogens (primary N) is 1. The lowest BCUT2D eigenvalue weighted by atomic mass is 10.4. The zero-order valence-electron chi connectivity index (χ0n) is 8.14. The first-order valence-corrected chi connectivity index (χ1v) is 4.36. The van der Waals surface area contributed by atoms with Gasteiger partial charge in [0.1, 0.15) is 17.8 Å². The molecule has 2 aromatic heterocycles. The zero-order chi connectivity index (χ0) is 11.0. The number of imidazole rings is 1. The van der Waals surface area contributed by atoms with Gasteiger partial charge in [0.05, 0.1) is 11.9 Å². The molecule has 78 valence electrons. The molecule has 2 aromatic rings. The summed E-state index contributed by atoms with van der Waals surface area (Å²) < 4.78 is 1.66. The number of carbonyl (C=O) groups is 1. The fourth-order valence-electron chi connectivity index (χ4n) is 1.43. The van der Waals surface area contributed by atoms with Crippen LogP contribution in [0.15, 0.2) is 12.3 Å². The molecule has 0 aliphatic rings. The number of rotatable bonds is 2. The summed E-state index contributed by atoms with van der Waals surface area (Å²) >= 11 is 0. The second kappa shape index (κ2) is 3.23. The van der Waals surface area contributed by atoms with E-state index in [0.29, 0.717) is 22.7 Å². The van der Waals surface area contributed by atoms with Gasteiger partial charge in [0.2, 0.25) is 0 Å². The van der Waals surface area contributed by atoms with Crippen molar-refractivity contribution < 1.29 is 9.90 Å². The highest BCUT2D eigenvalue weighted by Crippen LogP contribution is 2.15. The number of carboxylic acids is 1. The molecule has 15 heavy (non-hydrogen) atoms. The Hall–Kier alpha value is -2.11. The van der Waals surface area contributed by atoms with Crippen molar-refractivity contribution in [1.82, 2.24) is 14.5 Å². The summed E-state index contributed by atoms with van der Waals surface area (Å²) in [6.45, 7) is 0. The van der Waals surface area contributed by atoms with Crippen LogP contribution in [0.4, 0.5) is 5.69 Å². The first-order valence-electron chi connectivity index (χ1n) is 4.36. The molecule has 0 fully saturated rings. The summed E-state index contributed by atoms with van der Waals surface area (Å²) in [7, 11) is 1.73. The topological polar surface area (TPSA) is 94.0 Å². The number of anilines is 1. The summed E-state index contributed by atoms with van der Waals surface area (Å²) in [5, 5.41) is 8.67. The van der Waals surface area contributed by atoms with Crippen LogP contribution >= 0.6 is 0 Å². The molecule has 6 heteroatoms. The van der Waals surface area contributed by atoms with Gasteiger partial charge in [-0.2, -0.15) is 0 Å². The molecule has 0 aliphatic carbocycles. The molecule has 0 atom stereocenters. The zero-order valence-corrected chi connectivity index (χ0v) is 8.14. The van der Waals surface area contributed by atoms with Crippen LogP contribution < -0.4 is 5.73 Å². The van der Waals surface area contributed by atoms with Crippen molar-refractivity contribution in [2.45, 2.75) is 6.42 Å². The van der Waals surface area contributed by atoms with Gasteiger partial charge in [-0.15, -0.1) is 0 Å². The maximum absolute atomic E-state index is 10.6. The first-order chi connectivity index (χ1) is 7.08. The van der Waals surface area contributed by atoms with Gasteiger partial charge >= 0.3 is 5.97 Å². The quantitative estimate of drug-likeness (QED) is 0.730. The van der Waals surface area contributed by atoms with E-state index in [2.05, 4.69) is 9.97 Å². The molecular formula is C9H10N4O2. The standard InChI is InChI=1S/C9H10N4O2/c1-13-7(3-8(14)15)12-6-2-5(10)4-11-9(6)13/h2,4H,3,10H2,1H3,(H,14,15). The number of carboxylic acid groups (broad SMARTS) is 1. The molecule has 2 heterocycles. The number of aryl methyl sites for hydroxylation is 1. The van der Waals surface area contributed by atoms with Crippen LogP contribution in [0.1, 0.15) is 5.82 Å². The molecule has 0 unspecified atom stereocenters. The largest absolute Gasteiger partial charge is 0.481 e. The fourth-order valence-corrected chi connectivity index (χ4v) is 1.43. The van der Waals surface area contributed by atoms with E-state index in [9.17, 15) is 4.79 Å². The van der Waals surface area contributed by atoms with Crippen molar-refractivity contribution in [3.8, 4) is 0 Å². The number of nitrogen functional groups attached to an aromatic ring is 1. The number of fused-ring (bicyclic) bond motifs is 1. The predicted molar refractivity (Wildman–Crippen MR) is 54.3 cm³/mol. The van der Waals surface area contributed by atoms with Gasteiger partial charge in [0, 0.05) is 7.05 Å². The van der Waals surface area contributed by atoms with Crippen molar-refractivity contribution in [3.63, 3.8) is 0 Å². The summed E-state index contributed by atoms with van der Waals surface area (Å²) in [4.78, 5) is 18.8. The van der Waals surface area contributed by atoms with Crippen molar-refractivity contribution in [3.05, 3.63) is 18.1 Å². The second-order valence-corrected chi connectivity index (χ2v) is 3.27. The monoisotopic (exact) mass is 206 g/mol. The molecule has 0 saturated heterocycles. The van der Waals surface area contributed by atoms with Gasteiger partial charge in [-0.3, -0.25) is 4.79 Å². The van der Waals surface area contributed by atoms with E-state index in [1.807, 2.05) is 0 Å². The van der Waals surface area contributed by atoms with Gasteiger partial charge in [0.25, 0.3) is 0 Å². The highest BCUT2D eigenvalue weighted by atomic mass is 16.4. The predicted octanol–water partition coefficient (Wildman–Crippen LogP) is 0.178. The fraction of sp³-hybridized carbons (Fsp3) is 0.222. The number of aromatic nitrogens is 3. The summed E-state index contributed by atoms with van der Waals surface area (Å²) in [6, 6.07) is 1.67. The molecule has 2 rings (SSSR count). The Morgan fingerprint density at radius 2 is 2.40 bits per heavy atom. The molecule has 0 aromatic carbocycles. The number of nitrogens with zero attached hydrogens (tertiary/aromatic N) is 3. The van der Waals surface area contributed by atoms with E-state index in [4.69, 9.17) is 10.8 Å². The van der Waals surface area contributed by atoms with Crippen molar-refractivity contribution in [2.75, 3.05) is 5.73 Å². The Balaban J connectivity index is 2.58. The molecule has 0 bridgehead atoms. The van der Waals surface area contributed by atoms with Gasteiger partial charge in [-0.25, -0.2) is 9.97 Å². The number of aliphatic carboxylic acids is 1. The normalized spacial score (nSPS) is 10.7. The number of hydrogen-bond acceptors (Lipinski definition) is 4. The minimum atomic E-state index is -0.915. The number of hydrogen-bond donors (Lipinski definition) is 2. The van der Waals surface area contributed by atoms with E-state index in [-0.39, 0.29) is 6.42 Å². The second-order valence-electron chi connectivity index (χ2n) is 3.27. The van der Waals surface area contributed by atoms with E-state index in [1.54, 1.807) is 17.7 Å². The van der Waals surface area contributed by atoms with Crippen LogP contribution in [-0.4, -0.2) is 25.6 Å². The summed E-state index contributed by atoms with van der Waals surface area (Å²) in [5.41, 5.74) is 7.33. The van der Waals surface area contributed by atoms with Crippen molar-refractivity contribution >= 4 is 22.8 Å². The maximum Gasteiger partial charge on any atom is 0.311 e. The number of pyridine rings is 1. The van der Waals surface area contributed by atoms with E-state index in [1.165, 1.54) is 6.20 Å². The highest BCUT2D eigenvalue weighted by Gasteiger charge is 2.11. The third kappa shape index (κ3) is 1.61.